The number of nitrogens with two attached hydrogens (primary N) is 1. The van der Waals surface area contributed by atoms with Gasteiger partial charge in [-0.15, -0.1) is 12.4 Å². The molecule has 106 valence electrons. The van der Waals surface area contributed by atoms with Crippen LogP contribution in [-0.2, 0) is 4.79 Å². The van der Waals surface area contributed by atoms with Crippen LogP contribution in [0.25, 0.3) is 0 Å². The molecular weight excluding hydrogens is 252 g/mol. The monoisotopic (exact) mass is 276 g/mol. The van der Waals surface area contributed by atoms with Crippen molar-refractivity contribution in [1.29, 1.82) is 0 Å². The van der Waals surface area contributed by atoms with Gasteiger partial charge in [0.2, 0.25) is 5.91 Å². The maximum Gasteiger partial charge on any atom is 0.220 e. The van der Waals surface area contributed by atoms with Gasteiger partial charge in [0.1, 0.15) is 0 Å². The second kappa shape index (κ2) is 7.31. The second-order valence-electron chi connectivity index (χ2n) is 5.62. The first-order chi connectivity index (χ1) is 8.16. The van der Waals surface area contributed by atoms with Crippen molar-refractivity contribution in [1.82, 2.24) is 5.32 Å². The summed E-state index contributed by atoms with van der Waals surface area (Å²) in [7, 11) is 0. The topological polar surface area (TPSA) is 75.4 Å². The van der Waals surface area contributed by atoms with Crippen molar-refractivity contribution < 1.29 is 9.90 Å². The molecule has 0 bridgehead atoms. The van der Waals surface area contributed by atoms with Gasteiger partial charge in [-0.3, -0.25) is 4.79 Å². The van der Waals surface area contributed by atoms with E-state index in [1.807, 2.05) is 0 Å². The van der Waals surface area contributed by atoms with Crippen LogP contribution in [0.1, 0.15) is 44.9 Å². The van der Waals surface area contributed by atoms with E-state index in [9.17, 15) is 9.90 Å². The molecule has 4 N–H and O–H groups in total. The summed E-state index contributed by atoms with van der Waals surface area (Å²) in [6.07, 6.45) is 6.63. The van der Waals surface area contributed by atoms with Crippen LogP contribution in [0.5, 0.6) is 0 Å². The average molecular weight is 277 g/mol. The molecule has 0 aromatic carbocycles. The van der Waals surface area contributed by atoms with Crippen LogP contribution in [0.15, 0.2) is 0 Å². The maximum atomic E-state index is 11.8. The van der Waals surface area contributed by atoms with Crippen molar-refractivity contribution in [2.45, 2.75) is 57.1 Å². The van der Waals surface area contributed by atoms with Crippen LogP contribution < -0.4 is 11.1 Å². The zero-order valence-electron chi connectivity index (χ0n) is 10.8. The highest BCUT2D eigenvalue weighted by Gasteiger charge is 2.28. The minimum atomic E-state index is -0.218. The van der Waals surface area contributed by atoms with Gasteiger partial charge in [-0.1, -0.05) is 12.8 Å². The summed E-state index contributed by atoms with van der Waals surface area (Å²) in [5.74, 6) is 0.728. The van der Waals surface area contributed by atoms with Gasteiger partial charge in [-0.05, 0) is 31.6 Å². The van der Waals surface area contributed by atoms with E-state index < -0.39 is 0 Å². The highest BCUT2D eigenvalue weighted by Crippen LogP contribution is 2.27. The molecule has 4 nitrogen and oxygen atoms in total. The number of hydrogen-bond acceptors (Lipinski definition) is 3. The van der Waals surface area contributed by atoms with Gasteiger partial charge in [0.15, 0.2) is 0 Å². The number of halogens is 1. The number of carbonyl (C=O) groups excluding carboxylic acids is 1. The minimum Gasteiger partial charge on any atom is -0.393 e. The third kappa shape index (κ3) is 4.11. The van der Waals surface area contributed by atoms with Crippen molar-refractivity contribution in [3.05, 3.63) is 0 Å². The molecule has 0 aromatic heterocycles. The Morgan fingerprint density at radius 1 is 1.17 bits per heavy atom. The van der Waals surface area contributed by atoms with E-state index in [2.05, 4.69) is 5.32 Å². The zero-order chi connectivity index (χ0) is 12.3. The first-order valence-electron chi connectivity index (χ1n) is 6.87. The predicted molar refractivity (Wildman–Crippen MR) is 73.5 cm³/mol. The molecule has 2 aliphatic rings. The largest absolute Gasteiger partial charge is 0.393 e. The normalized spacial score (nSPS) is 35.2. The van der Waals surface area contributed by atoms with Crippen LogP contribution in [-0.4, -0.2) is 29.7 Å². The van der Waals surface area contributed by atoms with Crippen LogP contribution in [0.2, 0.25) is 0 Å². The third-order valence-corrected chi connectivity index (χ3v) is 4.35. The van der Waals surface area contributed by atoms with E-state index in [1.54, 1.807) is 0 Å². The summed E-state index contributed by atoms with van der Waals surface area (Å²) >= 11 is 0. The summed E-state index contributed by atoms with van der Waals surface area (Å²) in [6.45, 7) is 0.627. The van der Waals surface area contributed by atoms with Crippen LogP contribution >= 0.6 is 12.4 Å². The van der Waals surface area contributed by atoms with Gasteiger partial charge in [0, 0.05) is 24.9 Å². The Labute approximate surface area is 115 Å². The van der Waals surface area contributed by atoms with Crippen LogP contribution in [0, 0.1) is 11.8 Å². The van der Waals surface area contributed by atoms with E-state index in [0.29, 0.717) is 18.9 Å². The zero-order valence-corrected chi connectivity index (χ0v) is 11.6. The second-order valence-corrected chi connectivity index (χ2v) is 5.62. The Morgan fingerprint density at radius 2 is 1.83 bits per heavy atom. The van der Waals surface area contributed by atoms with Gasteiger partial charge in [0.25, 0.3) is 0 Å². The van der Waals surface area contributed by atoms with Crippen LogP contribution in [0.3, 0.4) is 0 Å². The Balaban J connectivity index is 0.00000162. The molecule has 0 radical (unpaired) electrons. The Hall–Kier alpha value is -0.320. The number of aliphatic hydroxyl groups is 1. The van der Waals surface area contributed by atoms with E-state index in [0.717, 1.165) is 38.5 Å². The summed E-state index contributed by atoms with van der Waals surface area (Å²) < 4.78 is 0. The fourth-order valence-corrected chi connectivity index (χ4v) is 3.13. The predicted octanol–water partition coefficient (Wildman–Crippen LogP) is 1.20. The summed E-state index contributed by atoms with van der Waals surface area (Å²) in [5, 5.41) is 12.6. The molecule has 2 saturated carbocycles. The average Bonchev–Trinajstić information content (AvgIpc) is 2.86. The van der Waals surface area contributed by atoms with Gasteiger partial charge < -0.3 is 16.2 Å². The molecule has 0 aromatic rings. The van der Waals surface area contributed by atoms with Gasteiger partial charge in [-0.25, -0.2) is 0 Å². The first kappa shape index (κ1) is 15.7. The lowest BCUT2D eigenvalue weighted by Gasteiger charge is -2.18. The fourth-order valence-electron chi connectivity index (χ4n) is 3.13. The van der Waals surface area contributed by atoms with Crippen molar-refractivity contribution in [3.8, 4) is 0 Å². The molecule has 2 aliphatic carbocycles. The first-order valence-corrected chi connectivity index (χ1v) is 6.87. The lowest BCUT2D eigenvalue weighted by molar-refractivity contribution is -0.122. The number of nitrogens with one attached hydrogen (secondary N) is 1. The lowest BCUT2D eigenvalue weighted by atomic mass is 9.99. The van der Waals surface area contributed by atoms with Gasteiger partial charge >= 0.3 is 0 Å². The lowest BCUT2D eigenvalue weighted by Crippen LogP contribution is -2.35. The molecule has 4 atom stereocenters. The number of amides is 1. The van der Waals surface area contributed by atoms with Gasteiger partial charge in [0.05, 0.1) is 6.10 Å². The highest BCUT2D eigenvalue weighted by atomic mass is 35.5. The summed E-state index contributed by atoms with van der Waals surface area (Å²) in [6, 6.07) is 0.206. The molecule has 2 unspecified atom stereocenters. The Bertz CT molecular complexity index is 276. The number of carbonyl (C=O) groups is 1. The van der Waals surface area contributed by atoms with Crippen molar-refractivity contribution in [2.24, 2.45) is 17.6 Å². The quantitative estimate of drug-likeness (QED) is 0.722. The number of hydrogen-bond donors (Lipinski definition) is 3. The van der Waals surface area contributed by atoms with E-state index in [-0.39, 0.29) is 36.4 Å². The fraction of sp³-hybridized carbons (Fsp3) is 0.923. The minimum absolute atomic E-state index is 0. The Kier molecular flexibility index (Phi) is 6.39. The molecule has 0 spiro atoms. The Morgan fingerprint density at radius 3 is 2.39 bits per heavy atom. The van der Waals surface area contributed by atoms with Crippen LogP contribution in [0.4, 0.5) is 0 Å². The van der Waals surface area contributed by atoms with E-state index in [1.165, 1.54) is 0 Å². The molecule has 18 heavy (non-hydrogen) atoms. The molecule has 2 rings (SSSR count). The van der Waals surface area contributed by atoms with Crippen molar-refractivity contribution in [3.63, 3.8) is 0 Å². The molecule has 5 heteroatoms. The van der Waals surface area contributed by atoms with Gasteiger partial charge in [-0.2, -0.15) is 0 Å². The van der Waals surface area contributed by atoms with E-state index in [4.69, 9.17) is 5.73 Å². The molecule has 2 fully saturated rings. The molecule has 0 heterocycles. The molecular formula is C13H25ClN2O2. The summed E-state index contributed by atoms with van der Waals surface area (Å²) in [5.41, 5.74) is 5.95. The van der Waals surface area contributed by atoms with E-state index >= 15 is 0 Å². The standard InChI is InChI=1S/C13H24N2O2.ClH/c14-11-5-1-3-9(11)7-13(17)15-8-10-4-2-6-12(10)16;/h9-12,16H,1-8,14H2,(H,15,17);1H/t9-,10?,11+,12?;/m0./s1. The highest BCUT2D eigenvalue weighted by molar-refractivity contribution is 5.85. The summed E-state index contributed by atoms with van der Waals surface area (Å²) in [4.78, 5) is 11.8. The van der Waals surface area contributed by atoms with Crippen molar-refractivity contribution >= 4 is 18.3 Å². The maximum absolute atomic E-state index is 11.8. The third-order valence-electron chi connectivity index (χ3n) is 4.35. The van der Waals surface area contributed by atoms with Crippen molar-refractivity contribution in [2.75, 3.05) is 6.54 Å². The smallest absolute Gasteiger partial charge is 0.220 e. The number of aliphatic hydroxyl groups excluding tert-OH is 1. The molecule has 0 saturated heterocycles. The molecule has 0 aliphatic heterocycles. The SMILES string of the molecule is Cl.N[C@@H]1CCC[C@H]1CC(=O)NCC1CCCC1O. The number of rotatable bonds is 4. The molecule has 1 amide bonds.